The van der Waals surface area contributed by atoms with Crippen molar-refractivity contribution in [2.24, 2.45) is 0 Å². The van der Waals surface area contributed by atoms with Crippen LogP contribution in [0.4, 0.5) is 0 Å². The summed E-state index contributed by atoms with van der Waals surface area (Å²) in [5.41, 5.74) is 2.62. The molecule has 3 heteroatoms. The molecule has 128 valence electrons. The summed E-state index contributed by atoms with van der Waals surface area (Å²) in [4.78, 5) is 4.34. The smallest absolute Gasteiger partial charge is 0.138 e. The van der Waals surface area contributed by atoms with Crippen LogP contribution in [0.3, 0.4) is 0 Å². The summed E-state index contributed by atoms with van der Waals surface area (Å²) in [6.07, 6.45) is 11.3. The predicted molar refractivity (Wildman–Crippen MR) is 94.9 cm³/mol. The zero-order valence-corrected chi connectivity index (χ0v) is 15.1. The maximum Gasteiger partial charge on any atom is 0.138 e. The third kappa shape index (κ3) is 5.65. The Morgan fingerprint density at radius 2 is 2.22 bits per heavy atom. The lowest BCUT2D eigenvalue weighted by Gasteiger charge is -2.06. The zero-order chi connectivity index (χ0) is 16.7. The van der Waals surface area contributed by atoms with Crippen molar-refractivity contribution in [3.63, 3.8) is 0 Å². The van der Waals surface area contributed by atoms with Gasteiger partial charge in [0.05, 0.1) is 17.9 Å². The lowest BCUT2D eigenvalue weighted by Crippen LogP contribution is -2.09. The number of ether oxygens (including phenoxy) is 2. The first-order chi connectivity index (χ1) is 11.1. The minimum atomic E-state index is 0.152. The summed E-state index contributed by atoms with van der Waals surface area (Å²) in [6, 6.07) is 4.01. The number of nitrogens with zero attached hydrogens (tertiary/aromatic N) is 1. The van der Waals surface area contributed by atoms with Crippen LogP contribution in [0.15, 0.2) is 30.0 Å². The fourth-order valence-electron chi connectivity index (χ4n) is 2.85. The van der Waals surface area contributed by atoms with Gasteiger partial charge < -0.3 is 9.47 Å². The first kappa shape index (κ1) is 18.0. The SMILES string of the molecule is CCCCC1(C)OC1CC/C(C)=C/COc1ccc(CC)nc1. The minimum absolute atomic E-state index is 0.152. The molecule has 1 fully saturated rings. The Labute approximate surface area is 141 Å². The molecule has 0 bridgehead atoms. The molecule has 0 spiro atoms. The van der Waals surface area contributed by atoms with E-state index in [1.807, 2.05) is 12.1 Å². The number of aryl methyl sites for hydroxylation is 1. The van der Waals surface area contributed by atoms with Gasteiger partial charge in [-0.2, -0.15) is 0 Å². The van der Waals surface area contributed by atoms with Crippen molar-refractivity contribution in [1.29, 1.82) is 0 Å². The van der Waals surface area contributed by atoms with E-state index in [1.54, 1.807) is 6.20 Å². The molecule has 1 saturated heterocycles. The molecule has 2 unspecified atom stereocenters. The van der Waals surface area contributed by atoms with Crippen LogP contribution < -0.4 is 4.74 Å². The monoisotopic (exact) mass is 317 g/mol. The molecule has 23 heavy (non-hydrogen) atoms. The standard InChI is InChI=1S/C20H31NO2/c1-5-7-13-20(4)19(23-20)11-8-16(3)12-14-22-18-10-9-17(6-2)21-15-18/h9-10,12,15,19H,5-8,11,13-14H2,1-4H3/b16-12+. The zero-order valence-electron chi connectivity index (χ0n) is 15.1. The Morgan fingerprint density at radius 3 is 2.87 bits per heavy atom. The van der Waals surface area contributed by atoms with Crippen LogP contribution in [0.25, 0.3) is 0 Å². The summed E-state index contributed by atoms with van der Waals surface area (Å²) >= 11 is 0. The number of unbranched alkanes of at least 4 members (excludes halogenated alkanes) is 1. The van der Waals surface area contributed by atoms with Gasteiger partial charge in [-0.15, -0.1) is 0 Å². The van der Waals surface area contributed by atoms with E-state index in [0.29, 0.717) is 12.7 Å². The fraction of sp³-hybridized carbons (Fsp3) is 0.650. The van der Waals surface area contributed by atoms with Crippen molar-refractivity contribution in [3.8, 4) is 5.75 Å². The van der Waals surface area contributed by atoms with Gasteiger partial charge in [-0.1, -0.05) is 32.3 Å². The second-order valence-corrected chi connectivity index (χ2v) is 6.76. The number of pyridine rings is 1. The van der Waals surface area contributed by atoms with Crippen LogP contribution >= 0.6 is 0 Å². The first-order valence-corrected chi connectivity index (χ1v) is 8.98. The van der Waals surface area contributed by atoms with E-state index < -0.39 is 0 Å². The Bertz CT molecular complexity index is 509. The normalized spacial score (nSPS) is 23.8. The molecule has 3 nitrogen and oxygen atoms in total. The second kappa shape index (κ2) is 8.49. The molecule has 2 rings (SSSR count). The maximum absolute atomic E-state index is 5.89. The maximum atomic E-state index is 5.89. The molecule has 1 aromatic rings. The Balaban J connectivity index is 1.65. The molecule has 1 aliphatic heterocycles. The Hall–Kier alpha value is -1.35. The molecule has 1 aliphatic rings. The third-order valence-electron chi connectivity index (χ3n) is 4.70. The van der Waals surface area contributed by atoms with E-state index in [2.05, 4.69) is 38.8 Å². The minimum Gasteiger partial charge on any atom is -0.488 e. The van der Waals surface area contributed by atoms with Crippen LogP contribution in [-0.2, 0) is 11.2 Å². The van der Waals surface area contributed by atoms with Crippen LogP contribution in [0, 0.1) is 0 Å². The van der Waals surface area contributed by atoms with Gasteiger partial charge in [0.15, 0.2) is 0 Å². The van der Waals surface area contributed by atoms with Gasteiger partial charge in [-0.3, -0.25) is 4.98 Å². The first-order valence-electron chi connectivity index (χ1n) is 8.98. The largest absolute Gasteiger partial charge is 0.488 e. The summed E-state index contributed by atoms with van der Waals surface area (Å²) in [6.45, 7) is 9.37. The van der Waals surface area contributed by atoms with Crippen LogP contribution in [-0.4, -0.2) is 23.3 Å². The van der Waals surface area contributed by atoms with Crippen molar-refractivity contribution in [2.45, 2.75) is 77.9 Å². The van der Waals surface area contributed by atoms with Gasteiger partial charge in [0.1, 0.15) is 12.4 Å². The number of allylic oxidation sites excluding steroid dienone is 1. The Morgan fingerprint density at radius 1 is 1.39 bits per heavy atom. The molecular weight excluding hydrogens is 286 g/mol. The fourth-order valence-corrected chi connectivity index (χ4v) is 2.85. The van der Waals surface area contributed by atoms with E-state index in [4.69, 9.17) is 9.47 Å². The highest BCUT2D eigenvalue weighted by atomic mass is 16.6. The number of epoxide rings is 1. The molecule has 0 amide bonds. The average molecular weight is 317 g/mol. The molecular formula is C20H31NO2. The second-order valence-electron chi connectivity index (χ2n) is 6.76. The number of aromatic nitrogens is 1. The lowest BCUT2D eigenvalue weighted by atomic mass is 9.96. The lowest BCUT2D eigenvalue weighted by molar-refractivity contribution is 0.290. The summed E-state index contributed by atoms with van der Waals surface area (Å²) in [5.74, 6) is 0.837. The van der Waals surface area contributed by atoms with Gasteiger partial charge in [-0.25, -0.2) is 0 Å². The molecule has 1 aromatic heterocycles. The number of hydrogen-bond donors (Lipinski definition) is 0. The summed E-state index contributed by atoms with van der Waals surface area (Å²) in [5, 5.41) is 0. The van der Waals surface area contributed by atoms with E-state index in [1.165, 1.54) is 24.8 Å². The predicted octanol–water partition coefficient (Wildman–Crippen LogP) is 5.10. The van der Waals surface area contributed by atoms with Gasteiger partial charge in [-0.05, 0) is 57.7 Å². The highest BCUT2D eigenvalue weighted by Gasteiger charge is 2.50. The molecule has 2 atom stereocenters. The quantitative estimate of drug-likeness (QED) is 0.445. The van der Waals surface area contributed by atoms with Gasteiger partial charge >= 0.3 is 0 Å². The average Bonchev–Trinajstić information content (AvgIpc) is 3.22. The van der Waals surface area contributed by atoms with Gasteiger partial charge in [0.25, 0.3) is 0 Å². The van der Waals surface area contributed by atoms with Crippen LogP contribution in [0.2, 0.25) is 0 Å². The molecule has 0 saturated carbocycles. The molecule has 0 radical (unpaired) electrons. The summed E-state index contributed by atoms with van der Waals surface area (Å²) in [7, 11) is 0. The molecule has 0 aromatic carbocycles. The van der Waals surface area contributed by atoms with Gasteiger partial charge in [0, 0.05) is 5.69 Å². The van der Waals surface area contributed by atoms with Gasteiger partial charge in [0.2, 0.25) is 0 Å². The highest BCUT2D eigenvalue weighted by molar-refractivity contribution is 5.20. The van der Waals surface area contributed by atoms with Crippen LogP contribution in [0.1, 0.15) is 65.5 Å². The topological polar surface area (TPSA) is 34.6 Å². The number of hydrogen-bond acceptors (Lipinski definition) is 3. The van der Waals surface area contributed by atoms with E-state index in [-0.39, 0.29) is 5.60 Å². The molecule has 2 heterocycles. The van der Waals surface area contributed by atoms with Crippen molar-refractivity contribution >= 4 is 0 Å². The van der Waals surface area contributed by atoms with E-state index in [9.17, 15) is 0 Å². The van der Waals surface area contributed by atoms with Crippen molar-refractivity contribution in [2.75, 3.05) is 6.61 Å². The van der Waals surface area contributed by atoms with Crippen molar-refractivity contribution in [1.82, 2.24) is 4.98 Å². The molecule has 0 aliphatic carbocycles. The number of rotatable bonds is 10. The highest BCUT2D eigenvalue weighted by Crippen LogP contribution is 2.43. The van der Waals surface area contributed by atoms with Crippen LogP contribution in [0.5, 0.6) is 5.75 Å². The third-order valence-corrected chi connectivity index (χ3v) is 4.70. The Kier molecular flexibility index (Phi) is 6.64. The van der Waals surface area contributed by atoms with E-state index >= 15 is 0 Å². The summed E-state index contributed by atoms with van der Waals surface area (Å²) < 4.78 is 11.6. The van der Waals surface area contributed by atoms with Crippen molar-refractivity contribution < 1.29 is 9.47 Å². The van der Waals surface area contributed by atoms with E-state index in [0.717, 1.165) is 30.7 Å². The molecule has 0 N–H and O–H groups in total. The van der Waals surface area contributed by atoms with Crippen molar-refractivity contribution in [3.05, 3.63) is 35.7 Å².